The van der Waals surface area contributed by atoms with Gasteiger partial charge in [-0.25, -0.2) is 4.79 Å². The summed E-state index contributed by atoms with van der Waals surface area (Å²) in [6, 6.07) is 3.15. The third kappa shape index (κ3) is 2.76. The quantitative estimate of drug-likeness (QED) is 0.848. The van der Waals surface area contributed by atoms with Crippen molar-refractivity contribution in [3.63, 3.8) is 0 Å². The topological polar surface area (TPSA) is 74.7 Å². The van der Waals surface area contributed by atoms with E-state index in [4.69, 9.17) is 5.11 Å². The number of aromatic carboxylic acids is 1. The number of carboxylic acids is 1. The number of nitrogens with zero attached hydrogens (tertiary/aromatic N) is 1. The lowest BCUT2D eigenvalue weighted by Gasteiger charge is -2.17. The van der Waals surface area contributed by atoms with E-state index in [9.17, 15) is 14.4 Å². The summed E-state index contributed by atoms with van der Waals surface area (Å²) in [6.45, 7) is 0.190. The summed E-state index contributed by atoms with van der Waals surface area (Å²) in [4.78, 5) is 36.5. The third-order valence-electron chi connectivity index (χ3n) is 2.82. The van der Waals surface area contributed by atoms with Gasteiger partial charge in [-0.3, -0.25) is 14.5 Å². The molecule has 0 aromatic carbocycles. The first kappa shape index (κ1) is 12.8. The lowest BCUT2D eigenvalue weighted by molar-refractivity contribution is -0.144. The summed E-state index contributed by atoms with van der Waals surface area (Å²) in [7, 11) is 0. The van der Waals surface area contributed by atoms with Gasteiger partial charge >= 0.3 is 5.97 Å². The van der Waals surface area contributed by atoms with Gasteiger partial charge in [0, 0.05) is 17.7 Å². The molecule has 1 aliphatic rings. The fourth-order valence-corrected chi connectivity index (χ4v) is 2.71. The van der Waals surface area contributed by atoms with Crippen LogP contribution in [0.2, 0.25) is 0 Å². The Kier molecular flexibility index (Phi) is 3.76. The van der Waals surface area contributed by atoms with Crippen LogP contribution in [0.3, 0.4) is 0 Å². The summed E-state index contributed by atoms with van der Waals surface area (Å²) in [6.07, 6.45) is 2.27. The minimum absolute atomic E-state index is 0.164. The number of carboxylic acid groups (broad SMARTS) is 1. The maximum Gasteiger partial charge on any atom is 0.345 e. The third-order valence-corrected chi connectivity index (χ3v) is 3.88. The van der Waals surface area contributed by atoms with Crippen LogP contribution in [0.1, 0.15) is 40.2 Å². The summed E-state index contributed by atoms with van der Waals surface area (Å²) in [5.74, 6) is -1.31. The molecule has 1 N–H and O–H groups in total. The number of rotatable bonds is 3. The van der Waals surface area contributed by atoms with E-state index < -0.39 is 5.97 Å². The predicted octanol–water partition coefficient (Wildman–Crippen LogP) is 1.88. The van der Waals surface area contributed by atoms with E-state index >= 15 is 0 Å². The van der Waals surface area contributed by atoms with E-state index in [0.717, 1.165) is 29.1 Å². The first-order chi connectivity index (χ1) is 8.58. The molecule has 1 fully saturated rings. The van der Waals surface area contributed by atoms with E-state index in [0.29, 0.717) is 12.8 Å². The average Bonchev–Trinajstić information content (AvgIpc) is 2.73. The Morgan fingerprint density at radius 2 is 1.83 bits per heavy atom. The van der Waals surface area contributed by atoms with Crippen LogP contribution in [0.5, 0.6) is 0 Å². The predicted molar refractivity (Wildman–Crippen MR) is 65.3 cm³/mol. The van der Waals surface area contributed by atoms with Gasteiger partial charge in [0.2, 0.25) is 11.8 Å². The summed E-state index contributed by atoms with van der Waals surface area (Å²) < 4.78 is 0. The van der Waals surface area contributed by atoms with Gasteiger partial charge in [-0.05, 0) is 25.0 Å². The van der Waals surface area contributed by atoms with Gasteiger partial charge in [-0.1, -0.05) is 0 Å². The largest absolute Gasteiger partial charge is 0.477 e. The maximum absolute atomic E-state index is 11.8. The van der Waals surface area contributed by atoms with Crippen molar-refractivity contribution in [3.8, 4) is 0 Å². The molecule has 1 aromatic rings. The molecule has 2 heterocycles. The molecule has 2 amide bonds. The van der Waals surface area contributed by atoms with E-state index in [-0.39, 0.29) is 23.2 Å². The molecule has 96 valence electrons. The van der Waals surface area contributed by atoms with Gasteiger partial charge in [-0.15, -0.1) is 11.3 Å². The van der Waals surface area contributed by atoms with Gasteiger partial charge in [-0.2, -0.15) is 0 Å². The Labute approximate surface area is 108 Å². The highest BCUT2D eigenvalue weighted by Gasteiger charge is 2.24. The van der Waals surface area contributed by atoms with E-state index in [2.05, 4.69) is 0 Å². The molecule has 0 bridgehead atoms. The number of carbonyl (C=O) groups excluding carboxylic acids is 2. The maximum atomic E-state index is 11.8. The average molecular weight is 267 g/mol. The molecule has 0 unspecified atom stereocenters. The fourth-order valence-electron chi connectivity index (χ4n) is 1.87. The Balaban J connectivity index is 2.12. The smallest absolute Gasteiger partial charge is 0.345 e. The zero-order valence-electron chi connectivity index (χ0n) is 9.72. The van der Waals surface area contributed by atoms with Crippen LogP contribution in [0.25, 0.3) is 0 Å². The van der Waals surface area contributed by atoms with Gasteiger partial charge in [0.15, 0.2) is 0 Å². The molecule has 1 aliphatic heterocycles. The van der Waals surface area contributed by atoms with E-state index in [1.807, 2.05) is 0 Å². The first-order valence-electron chi connectivity index (χ1n) is 5.73. The molecule has 2 rings (SSSR count). The highest BCUT2D eigenvalue weighted by atomic mass is 32.1. The van der Waals surface area contributed by atoms with Crippen molar-refractivity contribution in [1.82, 2.24) is 4.90 Å². The molecular weight excluding hydrogens is 254 g/mol. The van der Waals surface area contributed by atoms with Crippen LogP contribution in [0.4, 0.5) is 0 Å². The van der Waals surface area contributed by atoms with Crippen molar-refractivity contribution in [2.75, 3.05) is 0 Å². The Morgan fingerprint density at radius 1 is 1.22 bits per heavy atom. The van der Waals surface area contributed by atoms with Gasteiger partial charge in [0.25, 0.3) is 0 Å². The molecule has 0 saturated carbocycles. The lowest BCUT2D eigenvalue weighted by Crippen LogP contribution is -2.34. The molecular formula is C12H13NO4S. The molecule has 1 saturated heterocycles. The van der Waals surface area contributed by atoms with Crippen LogP contribution < -0.4 is 0 Å². The number of thiophene rings is 1. The standard InChI is InChI=1S/C12H13NO4S/c14-10-3-1-2-4-11(15)13(10)7-8-5-6-9(18-8)12(16)17/h5-6H,1-4,7H2,(H,16,17). The zero-order valence-corrected chi connectivity index (χ0v) is 10.5. The van der Waals surface area contributed by atoms with Crippen LogP contribution in [0.15, 0.2) is 12.1 Å². The van der Waals surface area contributed by atoms with Crippen LogP contribution >= 0.6 is 11.3 Å². The molecule has 0 aliphatic carbocycles. The van der Waals surface area contributed by atoms with Gasteiger partial charge in [0.1, 0.15) is 4.88 Å². The zero-order chi connectivity index (χ0) is 13.1. The molecule has 18 heavy (non-hydrogen) atoms. The fraction of sp³-hybridized carbons (Fsp3) is 0.417. The van der Waals surface area contributed by atoms with E-state index in [1.165, 1.54) is 11.0 Å². The second-order valence-corrected chi connectivity index (χ2v) is 5.32. The van der Waals surface area contributed by atoms with Crippen molar-refractivity contribution < 1.29 is 19.5 Å². The van der Waals surface area contributed by atoms with Crippen molar-refractivity contribution in [2.45, 2.75) is 32.2 Å². The Bertz CT molecular complexity index is 476. The van der Waals surface area contributed by atoms with Crippen LogP contribution in [0, 0.1) is 0 Å². The lowest BCUT2D eigenvalue weighted by atomic mass is 10.2. The van der Waals surface area contributed by atoms with Gasteiger partial charge in [0.05, 0.1) is 6.54 Å². The number of hydrogen-bond acceptors (Lipinski definition) is 4. The van der Waals surface area contributed by atoms with Crippen molar-refractivity contribution in [2.24, 2.45) is 0 Å². The second-order valence-electron chi connectivity index (χ2n) is 4.15. The number of likely N-dealkylation sites (tertiary alicyclic amines) is 1. The van der Waals surface area contributed by atoms with Crippen molar-refractivity contribution in [3.05, 3.63) is 21.9 Å². The number of amides is 2. The monoisotopic (exact) mass is 267 g/mol. The van der Waals surface area contributed by atoms with Gasteiger partial charge < -0.3 is 5.11 Å². The van der Waals surface area contributed by atoms with Crippen molar-refractivity contribution in [1.29, 1.82) is 0 Å². The normalized spacial score (nSPS) is 16.8. The molecule has 0 atom stereocenters. The highest BCUT2D eigenvalue weighted by molar-refractivity contribution is 7.13. The molecule has 6 heteroatoms. The van der Waals surface area contributed by atoms with Crippen molar-refractivity contribution >= 4 is 29.1 Å². The van der Waals surface area contributed by atoms with Crippen LogP contribution in [-0.2, 0) is 16.1 Å². The molecule has 0 spiro atoms. The second kappa shape index (κ2) is 5.30. The number of carbonyl (C=O) groups is 3. The number of hydrogen-bond donors (Lipinski definition) is 1. The summed E-state index contributed by atoms with van der Waals surface area (Å²) in [5, 5.41) is 8.82. The Hall–Kier alpha value is -1.69. The molecule has 5 nitrogen and oxygen atoms in total. The first-order valence-corrected chi connectivity index (χ1v) is 6.55. The number of imide groups is 1. The SMILES string of the molecule is O=C(O)c1ccc(CN2C(=O)CCCCC2=O)s1. The molecule has 1 aromatic heterocycles. The molecule has 0 radical (unpaired) electrons. The summed E-state index contributed by atoms with van der Waals surface area (Å²) >= 11 is 1.10. The Morgan fingerprint density at radius 3 is 2.33 bits per heavy atom. The van der Waals surface area contributed by atoms with E-state index in [1.54, 1.807) is 6.07 Å². The minimum atomic E-state index is -0.986. The minimum Gasteiger partial charge on any atom is -0.477 e. The highest BCUT2D eigenvalue weighted by Crippen LogP contribution is 2.21. The summed E-state index contributed by atoms with van der Waals surface area (Å²) in [5.41, 5.74) is 0. The van der Waals surface area contributed by atoms with Crippen LogP contribution in [-0.4, -0.2) is 27.8 Å².